The van der Waals surface area contributed by atoms with Crippen molar-refractivity contribution in [3.63, 3.8) is 0 Å². The Labute approximate surface area is 142 Å². The fraction of sp³-hybridized carbons (Fsp3) is 0.526. The molecule has 1 atom stereocenters. The second-order valence-electron chi connectivity index (χ2n) is 6.82. The Morgan fingerprint density at radius 2 is 2.22 bits per heavy atom. The maximum Gasteiger partial charge on any atom is 0.223 e. The van der Waals surface area contributed by atoms with Crippen molar-refractivity contribution in [2.45, 2.75) is 51.6 Å². The standard InChI is InChI=1S/C19H23ClN2O/c1-13-7-8-16-15(12-13)14-4-2-5-17-19(14)22(16)11-10-21(17)18(23)6-3-9-20/h7-8,12,17H,2-6,9-11H2,1H3/t17-/m0/s1. The minimum absolute atomic E-state index is 0.267. The van der Waals surface area contributed by atoms with Crippen LogP contribution in [0.4, 0.5) is 0 Å². The molecule has 0 saturated heterocycles. The third-order valence-corrected chi connectivity index (χ3v) is 5.64. The van der Waals surface area contributed by atoms with Gasteiger partial charge in [-0.15, -0.1) is 11.6 Å². The number of carbonyl (C=O) groups is 1. The quantitative estimate of drug-likeness (QED) is 0.775. The average molecular weight is 331 g/mol. The van der Waals surface area contributed by atoms with Crippen molar-refractivity contribution in [2.24, 2.45) is 0 Å². The first-order valence-corrected chi connectivity index (χ1v) is 9.21. The van der Waals surface area contributed by atoms with Crippen LogP contribution in [0, 0.1) is 6.92 Å². The lowest BCUT2D eigenvalue weighted by molar-refractivity contribution is -0.135. The molecule has 0 bridgehead atoms. The van der Waals surface area contributed by atoms with Gasteiger partial charge in [-0.1, -0.05) is 11.6 Å². The molecule has 3 nitrogen and oxygen atoms in total. The number of halogens is 1. The maximum atomic E-state index is 12.6. The van der Waals surface area contributed by atoms with Crippen LogP contribution in [0.3, 0.4) is 0 Å². The molecule has 0 radical (unpaired) electrons. The lowest BCUT2D eigenvalue weighted by atomic mass is 9.89. The molecule has 0 fully saturated rings. The molecular weight excluding hydrogens is 308 g/mol. The third kappa shape index (κ3) is 2.37. The summed E-state index contributed by atoms with van der Waals surface area (Å²) < 4.78 is 2.47. The predicted octanol–water partition coefficient (Wildman–Crippen LogP) is 4.19. The zero-order chi connectivity index (χ0) is 16.0. The molecule has 4 heteroatoms. The van der Waals surface area contributed by atoms with Crippen LogP contribution in [0.25, 0.3) is 10.9 Å². The van der Waals surface area contributed by atoms with Gasteiger partial charge in [0, 0.05) is 42.0 Å². The van der Waals surface area contributed by atoms with Crippen molar-refractivity contribution < 1.29 is 4.79 Å². The number of rotatable bonds is 3. The molecule has 2 aromatic rings. The van der Waals surface area contributed by atoms with Crippen molar-refractivity contribution in [1.82, 2.24) is 9.47 Å². The van der Waals surface area contributed by atoms with Gasteiger partial charge in [0.15, 0.2) is 0 Å². The molecule has 0 N–H and O–H groups in total. The predicted molar refractivity (Wildman–Crippen MR) is 94.0 cm³/mol. The molecule has 1 amide bonds. The lowest BCUT2D eigenvalue weighted by Crippen LogP contribution is -2.43. The zero-order valence-corrected chi connectivity index (χ0v) is 14.4. The van der Waals surface area contributed by atoms with Crippen LogP contribution in [0.5, 0.6) is 0 Å². The first kappa shape index (κ1) is 15.1. The van der Waals surface area contributed by atoms with E-state index in [0.29, 0.717) is 12.3 Å². The Morgan fingerprint density at radius 3 is 3.04 bits per heavy atom. The second kappa shape index (κ2) is 5.86. The van der Waals surface area contributed by atoms with E-state index in [1.807, 2.05) is 0 Å². The molecule has 23 heavy (non-hydrogen) atoms. The van der Waals surface area contributed by atoms with Gasteiger partial charge in [0.25, 0.3) is 0 Å². The van der Waals surface area contributed by atoms with Gasteiger partial charge in [-0.25, -0.2) is 0 Å². The van der Waals surface area contributed by atoms with Gasteiger partial charge in [-0.2, -0.15) is 0 Å². The van der Waals surface area contributed by atoms with Crippen molar-refractivity contribution >= 4 is 28.4 Å². The van der Waals surface area contributed by atoms with Crippen LogP contribution in [0.15, 0.2) is 18.2 Å². The molecule has 122 valence electrons. The van der Waals surface area contributed by atoms with Crippen LogP contribution in [0.2, 0.25) is 0 Å². The van der Waals surface area contributed by atoms with E-state index in [1.54, 1.807) is 0 Å². The molecule has 1 aliphatic heterocycles. The van der Waals surface area contributed by atoms with E-state index in [0.717, 1.165) is 32.4 Å². The van der Waals surface area contributed by atoms with Crippen LogP contribution < -0.4 is 0 Å². The Hall–Kier alpha value is -1.48. The highest BCUT2D eigenvalue weighted by Gasteiger charge is 2.36. The van der Waals surface area contributed by atoms with Crippen molar-refractivity contribution in [1.29, 1.82) is 0 Å². The van der Waals surface area contributed by atoms with E-state index >= 15 is 0 Å². The van der Waals surface area contributed by atoms with Gasteiger partial charge in [0.2, 0.25) is 5.91 Å². The molecular formula is C19H23ClN2O. The van der Waals surface area contributed by atoms with Crippen LogP contribution in [0.1, 0.15) is 48.5 Å². The molecule has 2 heterocycles. The Morgan fingerprint density at radius 1 is 1.35 bits per heavy atom. The van der Waals surface area contributed by atoms with E-state index < -0.39 is 0 Å². The van der Waals surface area contributed by atoms with Crippen LogP contribution >= 0.6 is 11.6 Å². The van der Waals surface area contributed by atoms with E-state index in [-0.39, 0.29) is 11.9 Å². The molecule has 0 saturated carbocycles. The largest absolute Gasteiger partial charge is 0.341 e. The van der Waals surface area contributed by atoms with Gasteiger partial charge in [-0.3, -0.25) is 4.79 Å². The van der Waals surface area contributed by atoms with Crippen LogP contribution in [-0.2, 0) is 17.8 Å². The van der Waals surface area contributed by atoms with E-state index in [1.165, 1.54) is 34.1 Å². The minimum Gasteiger partial charge on any atom is -0.341 e. The van der Waals surface area contributed by atoms with E-state index in [9.17, 15) is 4.79 Å². The van der Waals surface area contributed by atoms with E-state index in [4.69, 9.17) is 11.6 Å². The molecule has 4 rings (SSSR count). The average Bonchev–Trinajstić information content (AvgIpc) is 2.88. The molecule has 2 aliphatic rings. The number of aromatic nitrogens is 1. The normalized spacial score (nSPS) is 19.9. The number of nitrogens with zero attached hydrogens (tertiary/aromatic N) is 2. The summed E-state index contributed by atoms with van der Waals surface area (Å²) in [5, 5.41) is 1.40. The summed E-state index contributed by atoms with van der Waals surface area (Å²) in [7, 11) is 0. The van der Waals surface area contributed by atoms with Gasteiger partial charge < -0.3 is 9.47 Å². The number of fused-ring (bicyclic) bond motifs is 3. The van der Waals surface area contributed by atoms with Crippen molar-refractivity contribution in [3.8, 4) is 0 Å². The maximum absolute atomic E-state index is 12.6. The first-order valence-electron chi connectivity index (χ1n) is 8.67. The topological polar surface area (TPSA) is 25.2 Å². The third-order valence-electron chi connectivity index (χ3n) is 5.37. The smallest absolute Gasteiger partial charge is 0.223 e. The second-order valence-corrected chi connectivity index (χ2v) is 7.20. The number of amides is 1. The van der Waals surface area contributed by atoms with Crippen LogP contribution in [-0.4, -0.2) is 27.8 Å². The molecule has 1 aromatic heterocycles. The number of alkyl halides is 1. The molecule has 0 unspecified atom stereocenters. The SMILES string of the molecule is Cc1ccc2c(c1)c1c3n2CCN(C(=O)CCCCl)[C@H]3CCC1. The van der Waals surface area contributed by atoms with Crippen molar-refractivity contribution in [3.05, 3.63) is 35.0 Å². The molecule has 1 aliphatic carbocycles. The highest BCUT2D eigenvalue weighted by atomic mass is 35.5. The summed E-state index contributed by atoms with van der Waals surface area (Å²) >= 11 is 5.77. The Bertz CT molecular complexity index is 764. The van der Waals surface area contributed by atoms with Gasteiger partial charge >= 0.3 is 0 Å². The number of hydrogen-bond acceptors (Lipinski definition) is 1. The number of benzene rings is 1. The summed E-state index contributed by atoms with van der Waals surface area (Å²) in [6.45, 7) is 3.90. The van der Waals surface area contributed by atoms with Gasteiger partial charge in [0.1, 0.15) is 0 Å². The van der Waals surface area contributed by atoms with E-state index in [2.05, 4.69) is 34.6 Å². The zero-order valence-electron chi connectivity index (χ0n) is 13.6. The highest BCUT2D eigenvalue weighted by Crippen LogP contribution is 2.42. The number of aryl methyl sites for hydroxylation is 2. The summed E-state index contributed by atoms with van der Waals surface area (Å²) in [5.41, 5.74) is 5.55. The number of carbonyl (C=O) groups excluding carboxylic acids is 1. The Balaban J connectivity index is 1.79. The lowest BCUT2D eigenvalue weighted by Gasteiger charge is -2.40. The molecule has 0 spiro atoms. The Kier molecular flexibility index (Phi) is 3.84. The van der Waals surface area contributed by atoms with Crippen molar-refractivity contribution in [2.75, 3.05) is 12.4 Å². The minimum atomic E-state index is 0.267. The summed E-state index contributed by atoms with van der Waals surface area (Å²) in [6, 6.07) is 7.04. The summed E-state index contributed by atoms with van der Waals surface area (Å²) in [6.07, 6.45) is 4.76. The van der Waals surface area contributed by atoms with Gasteiger partial charge in [-0.05, 0) is 50.3 Å². The number of hydrogen-bond donors (Lipinski definition) is 0. The fourth-order valence-electron chi connectivity index (χ4n) is 4.38. The first-order chi connectivity index (χ1) is 11.2. The molecule has 1 aromatic carbocycles. The highest BCUT2D eigenvalue weighted by molar-refractivity contribution is 6.17. The monoisotopic (exact) mass is 330 g/mol. The summed E-state index contributed by atoms with van der Waals surface area (Å²) in [4.78, 5) is 14.7. The fourth-order valence-corrected chi connectivity index (χ4v) is 4.51. The summed E-state index contributed by atoms with van der Waals surface area (Å²) in [5.74, 6) is 0.839. The van der Waals surface area contributed by atoms with Gasteiger partial charge in [0.05, 0.1) is 6.04 Å².